The number of aliphatic hydroxyl groups is 1. The lowest BCUT2D eigenvalue weighted by Gasteiger charge is -2.32. The van der Waals surface area contributed by atoms with Gasteiger partial charge in [0.15, 0.2) is 6.10 Å². The molecule has 126 valence electrons. The third-order valence-corrected chi connectivity index (χ3v) is 3.69. The highest BCUT2D eigenvalue weighted by atomic mass is 16.5. The molecule has 0 amide bonds. The first-order valence-corrected chi connectivity index (χ1v) is 7.32. The average Bonchev–Trinajstić information content (AvgIpc) is 2.59. The van der Waals surface area contributed by atoms with E-state index in [4.69, 9.17) is 9.84 Å². The molecular formula is C18H18O6. The van der Waals surface area contributed by atoms with Gasteiger partial charge in [-0.05, 0) is 11.1 Å². The zero-order chi connectivity index (χ0) is 17.6. The molecule has 2 atom stereocenters. The Labute approximate surface area is 138 Å². The lowest BCUT2D eigenvalue weighted by Crippen LogP contribution is -2.56. The van der Waals surface area contributed by atoms with E-state index in [9.17, 15) is 19.8 Å². The molecule has 2 aromatic carbocycles. The molecule has 0 heterocycles. The lowest BCUT2D eigenvalue weighted by atomic mass is 9.88. The van der Waals surface area contributed by atoms with Crippen LogP contribution in [0, 0.1) is 0 Å². The number of aliphatic carboxylic acids is 2. The molecule has 0 saturated heterocycles. The second-order valence-electron chi connectivity index (χ2n) is 5.37. The predicted octanol–water partition coefficient (Wildman–Crippen LogP) is 1.71. The molecule has 24 heavy (non-hydrogen) atoms. The molecule has 0 aliphatic rings. The van der Waals surface area contributed by atoms with Gasteiger partial charge in [-0.25, -0.2) is 9.59 Å². The van der Waals surface area contributed by atoms with Gasteiger partial charge in [-0.1, -0.05) is 60.7 Å². The predicted molar refractivity (Wildman–Crippen MR) is 85.4 cm³/mol. The Morgan fingerprint density at radius 3 is 1.88 bits per heavy atom. The lowest BCUT2D eigenvalue weighted by molar-refractivity contribution is -0.195. The summed E-state index contributed by atoms with van der Waals surface area (Å²) in [7, 11) is 0. The van der Waals surface area contributed by atoms with E-state index in [1.54, 1.807) is 60.7 Å². The number of hydrogen-bond donors (Lipinski definition) is 3. The Bertz CT molecular complexity index is 685. The summed E-state index contributed by atoms with van der Waals surface area (Å²) < 4.78 is 5.47. The van der Waals surface area contributed by atoms with Crippen LogP contribution in [-0.2, 0) is 27.4 Å². The molecule has 0 bridgehead atoms. The Balaban J connectivity index is 2.34. The van der Waals surface area contributed by atoms with Crippen molar-refractivity contribution in [1.29, 1.82) is 0 Å². The van der Waals surface area contributed by atoms with E-state index in [0.717, 1.165) is 0 Å². The number of carboxylic acid groups (broad SMARTS) is 2. The molecule has 0 fully saturated rings. The summed E-state index contributed by atoms with van der Waals surface area (Å²) in [5.41, 5.74) is -1.06. The van der Waals surface area contributed by atoms with Crippen LogP contribution in [0.2, 0.25) is 0 Å². The zero-order valence-electron chi connectivity index (χ0n) is 12.8. The minimum absolute atomic E-state index is 0.135. The number of aliphatic hydroxyl groups excluding tert-OH is 1. The maximum absolute atomic E-state index is 11.8. The van der Waals surface area contributed by atoms with Crippen LogP contribution in [0.15, 0.2) is 60.7 Å². The number of ether oxygens (including phenoxy) is 1. The molecule has 0 aliphatic heterocycles. The average molecular weight is 330 g/mol. The van der Waals surface area contributed by atoms with Gasteiger partial charge in [-0.2, -0.15) is 0 Å². The second-order valence-corrected chi connectivity index (χ2v) is 5.37. The van der Waals surface area contributed by atoms with Gasteiger partial charge in [0.2, 0.25) is 5.60 Å². The van der Waals surface area contributed by atoms with E-state index < -0.39 is 23.6 Å². The summed E-state index contributed by atoms with van der Waals surface area (Å²) in [6.07, 6.45) is -2.48. The van der Waals surface area contributed by atoms with Crippen LogP contribution >= 0.6 is 0 Å². The van der Waals surface area contributed by atoms with Crippen LogP contribution in [0.4, 0.5) is 0 Å². The summed E-state index contributed by atoms with van der Waals surface area (Å²) in [5.74, 6) is -3.18. The Morgan fingerprint density at radius 1 is 0.917 bits per heavy atom. The monoisotopic (exact) mass is 330 g/mol. The minimum atomic E-state index is -2.29. The molecule has 0 aliphatic carbocycles. The van der Waals surface area contributed by atoms with Crippen molar-refractivity contribution in [2.45, 2.75) is 24.7 Å². The highest BCUT2D eigenvalue weighted by molar-refractivity contribution is 5.87. The van der Waals surface area contributed by atoms with E-state index in [1.807, 2.05) is 0 Å². The van der Waals surface area contributed by atoms with Crippen LogP contribution in [-0.4, -0.2) is 39.0 Å². The van der Waals surface area contributed by atoms with Gasteiger partial charge in [-0.3, -0.25) is 0 Å². The fourth-order valence-corrected chi connectivity index (χ4v) is 2.37. The largest absolute Gasteiger partial charge is 0.479 e. The highest BCUT2D eigenvalue weighted by Gasteiger charge is 2.50. The fraction of sp³-hybridized carbons (Fsp3) is 0.222. The Hall–Kier alpha value is -2.70. The first-order valence-electron chi connectivity index (χ1n) is 7.32. The topological polar surface area (TPSA) is 104 Å². The van der Waals surface area contributed by atoms with E-state index >= 15 is 0 Å². The molecule has 0 saturated carbocycles. The number of rotatable bonds is 8. The first kappa shape index (κ1) is 17.7. The third kappa shape index (κ3) is 3.98. The molecule has 0 aromatic heterocycles. The summed E-state index contributed by atoms with van der Waals surface area (Å²) in [5, 5.41) is 28.8. The van der Waals surface area contributed by atoms with Crippen molar-refractivity contribution in [1.82, 2.24) is 0 Å². The standard InChI is InChI=1S/C18H18O6/c19-15(16(20)21)18(17(22)23,11-13-7-3-1-4-8-13)24-12-14-9-5-2-6-10-14/h1-10,15,19H,11-12H2,(H,20,21)(H,22,23). The van der Waals surface area contributed by atoms with Gasteiger partial charge in [0, 0.05) is 6.42 Å². The van der Waals surface area contributed by atoms with Crippen molar-refractivity contribution in [2.75, 3.05) is 0 Å². The number of carbonyl (C=O) groups is 2. The summed E-state index contributed by atoms with van der Waals surface area (Å²) >= 11 is 0. The number of benzene rings is 2. The summed E-state index contributed by atoms with van der Waals surface area (Å²) in [6, 6.07) is 17.2. The normalized spacial score (nSPS) is 14.5. The molecule has 6 heteroatoms. The minimum Gasteiger partial charge on any atom is -0.479 e. The van der Waals surface area contributed by atoms with Crippen molar-refractivity contribution < 1.29 is 29.6 Å². The van der Waals surface area contributed by atoms with Gasteiger partial charge in [0.1, 0.15) is 0 Å². The van der Waals surface area contributed by atoms with Crippen molar-refractivity contribution >= 4 is 11.9 Å². The maximum Gasteiger partial charge on any atom is 0.339 e. The zero-order valence-corrected chi connectivity index (χ0v) is 12.8. The van der Waals surface area contributed by atoms with Crippen LogP contribution in [0.3, 0.4) is 0 Å². The Kier molecular flexibility index (Phi) is 5.68. The van der Waals surface area contributed by atoms with Crippen molar-refractivity contribution in [3.63, 3.8) is 0 Å². The van der Waals surface area contributed by atoms with Gasteiger partial charge in [0.05, 0.1) is 6.61 Å². The summed E-state index contributed by atoms with van der Waals surface area (Å²) in [6.45, 7) is -0.135. The van der Waals surface area contributed by atoms with Crippen LogP contribution < -0.4 is 0 Å². The van der Waals surface area contributed by atoms with Gasteiger partial charge in [-0.15, -0.1) is 0 Å². The number of carboxylic acids is 2. The third-order valence-electron chi connectivity index (χ3n) is 3.69. The Morgan fingerprint density at radius 2 is 1.42 bits per heavy atom. The van der Waals surface area contributed by atoms with Crippen molar-refractivity contribution in [3.8, 4) is 0 Å². The molecule has 2 unspecified atom stereocenters. The van der Waals surface area contributed by atoms with Crippen molar-refractivity contribution in [3.05, 3.63) is 71.8 Å². The van der Waals surface area contributed by atoms with Crippen LogP contribution in [0.1, 0.15) is 11.1 Å². The second kappa shape index (κ2) is 7.72. The van der Waals surface area contributed by atoms with Crippen LogP contribution in [0.25, 0.3) is 0 Å². The van der Waals surface area contributed by atoms with Crippen LogP contribution in [0.5, 0.6) is 0 Å². The summed E-state index contributed by atoms with van der Waals surface area (Å²) in [4.78, 5) is 23.1. The van der Waals surface area contributed by atoms with Crippen molar-refractivity contribution in [2.24, 2.45) is 0 Å². The molecule has 2 aromatic rings. The molecule has 0 radical (unpaired) electrons. The quantitative estimate of drug-likeness (QED) is 0.681. The smallest absolute Gasteiger partial charge is 0.339 e. The molecule has 2 rings (SSSR count). The van der Waals surface area contributed by atoms with E-state index in [0.29, 0.717) is 11.1 Å². The van der Waals surface area contributed by atoms with Gasteiger partial charge < -0.3 is 20.1 Å². The maximum atomic E-state index is 11.8. The number of hydrogen-bond acceptors (Lipinski definition) is 4. The highest BCUT2D eigenvalue weighted by Crippen LogP contribution is 2.25. The molecule has 0 spiro atoms. The van der Waals surface area contributed by atoms with Gasteiger partial charge >= 0.3 is 11.9 Å². The molecule has 3 N–H and O–H groups in total. The first-order chi connectivity index (χ1) is 11.5. The fourth-order valence-electron chi connectivity index (χ4n) is 2.37. The molecule has 6 nitrogen and oxygen atoms in total. The molecular weight excluding hydrogens is 312 g/mol. The van der Waals surface area contributed by atoms with E-state index in [-0.39, 0.29) is 13.0 Å². The van der Waals surface area contributed by atoms with Gasteiger partial charge in [0.25, 0.3) is 0 Å². The van der Waals surface area contributed by atoms with E-state index in [2.05, 4.69) is 0 Å². The van der Waals surface area contributed by atoms with E-state index in [1.165, 1.54) is 0 Å². The SMILES string of the molecule is O=C(O)C(O)C(Cc1ccccc1)(OCc1ccccc1)C(=O)O.